The molecule has 26 nitrogen and oxygen atoms in total. The van der Waals surface area contributed by atoms with Crippen molar-refractivity contribution in [1.82, 2.24) is 20.0 Å². The van der Waals surface area contributed by atoms with Gasteiger partial charge in [0.2, 0.25) is 24.3 Å². The first kappa shape index (κ1) is 95.0. The maximum absolute atomic E-state index is 13.1. The summed E-state index contributed by atoms with van der Waals surface area (Å²) in [6, 6.07) is 0. The minimum Gasteiger partial charge on any atom is -0.481 e. The van der Waals surface area contributed by atoms with E-state index in [2.05, 4.69) is 14.8 Å². The van der Waals surface area contributed by atoms with Crippen molar-refractivity contribution in [1.29, 1.82) is 0 Å². The van der Waals surface area contributed by atoms with Crippen LogP contribution in [-0.4, -0.2) is 172 Å². The summed E-state index contributed by atoms with van der Waals surface area (Å²) >= 11 is 0. The Morgan fingerprint density at radius 2 is 1.00 bits per heavy atom. The third kappa shape index (κ3) is 29.4. The normalized spacial score (nSPS) is 29.0. The third-order valence-corrected chi connectivity index (χ3v) is 24.5. The first-order valence-corrected chi connectivity index (χ1v) is 42.7. The summed E-state index contributed by atoms with van der Waals surface area (Å²) in [5.74, 6) is 0.632. The number of nitro groups is 1. The quantitative estimate of drug-likeness (QED) is 0.0888. The molecular weight excluding hydrogens is 1450 g/mol. The van der Waals surface area contributed by atoms with Crippen LogP contribution in [-0.2, 0) is 71.5 Å². The van der Waals surface area contributed by atoms with Gasteiger partial charge in [0.05, 0.1) is 44.8 Å². The van der Waals surface area contributed by atoms with E-state index in [4.69, 9.17) is 28.8 Å². The number of carboxylic acids is 1. The van der Waals surface area contributed by atoms with Gasteiger partial charge in [-0.3, -0.25) is 43.7 Å². The highest BCUT2D eigenvalue weighted by Gasteiger charge is 2.59. The molecule has 12 atom stereocenters. The molecule has 26 heteroatoms. The van der Waals surface area contributed by atoms with E-state index in [0.29, 0.717) is 75.0 Å². The van der Waals surface area contributed by atoms with Gasteiger partial charge >= 0.3 is 48.1 Å². The first-order valence-electron chi connectivity index (χ1n) is 42.7. The molecule has 12 rings (SSSR count). The van der Waals surface area contributed by atoms with Crippen molar-refractivity contribution < 1.29 is 95.9 Å². The molecule has 2 N–H and O–H groups in total. The number of carbonyl (C=O) groups excluding carboxylic acids is 10. The van der Waals surface area contributed by atoms with Gasteiger partial charge in [0, 0.05) is 66.4 Å². The SMILES string of the molecule is CC(C)(C)OC(=O)C[C@@]12CCCC[C@@H]1CN(C(=O)OC(C)(C)C)C2.CC(C)(C)OC(=O)C[C@@]12CCCC[C@@H]1CN(C(=O)OC(C)(C)C)C2=O.CC(C)(C)OC(=O)N1CC2CCCCC2C1=O.COC(=O)C1=CCCCC1.COC(=O)C1CCCCC1C[N+](=O)[O-].O=C(O)C[C@@]12CCCC[C@@H]1CCC2.O=C1NCC2CCCCC12. The van der Waals surface area contributed by atoms with Crippen molar-refractivity contribution in [2.75, 3.05) is 53.5 Å². The second kappa shape index (κ2) is 41.8. The summed E-state index contributed by atoms with van der Waals surface area (Å²) in [6.45, 7) is 30.5. The van der Waals surface area contributed by atoms with E-state index in [1.165, 1.54) is 107 Å². The molecule has 0 radical (unpaired) electrons. The Labute approximate surface area is 673 Å². The van der Waals surface area contributed by atoms with E-state index in [0.717, 1.165) is 127 Å². The van der Waals surface area contributed by atoms with Crippen molar-refractivity contribution in [3.8, 4) is 0 Å². The van der Waals surface area contributed by atoms with Gasteiger partial charge in [-0.05, 0) is 254 Å². The zero-order valence-electron chi connectivity index (χ0n) is 72.0. The number of ether oxygens (including phenoxy) is 7. The Bertz CT molecular complexity index is 3280. The zero-order valence-corrected chi connectivity index (χ0v) is 72.0. The minimum atomic E-state index is -0.822. The Morgan fingerprint density at radius 3 is 1.55 bits per heavy atom. The first-order chi connectivity index (χ1) is 52.7. The summed E-state index contributed by atoms with van der Waals surface area (Å²) in [5.41, 5.74) is -2.66. The van der Waals surface area contributed by atoms with E-state index in [1.54, 1.807) is 25.7 Å². The second-order valence-electron chi connectivity index (χ2n) is 39.1. The largest absolute Gasteiger partial charge is 0.481 e. The van der Waals surface area contributed by atoms with Gasteiger partial charge in [0.15, 0.2) is 0 Å². The van der Waals surface area contributed by atoms with Crippen LogP contribution in [0.25, 0.3) is 0 Å². The van der Waals surface area contributed by atoms with E-state index < -0.39 is 51.6 Å². The molecule has 0 aromatic heterocycles. The average Bonchev–Trinajstić information content (AvgIpc) is 1.60. The topological polar surface area (TPSA) is 337 Å². The number of nitrogens with one attached hydrogen (secondary N) is 1. The number of aliphatic carboxylic acids is 1. The highest BCUT2D eigenvalue weighted by molar-refractivity contribution is 5.99. The molecule has 0 spiro atoms. The van der Waals surface area contributed by atoms with Crippen molar-refractivity contribution in [3.63, 3.8) is 0 Å². The van der Waals surface area contributed by atoms with Gasteiger partial charge in [-0.1, -0.05) is 89.5 Å². The number of amides is 6. The number of rotatable bonds is 10. The minimum absolute atomic E-state index is 0.00575. The van der Waals surface area contributed by atoms with E-state index in [1.807, 2.05) is 89.2 Å². The number of allylic oxidation sites excluding steroid dienone is 1. The fourth-order valence-electron chi connectivity index (χ4n) is 19.5. The maximum Gasteiger partial charge on any atom is 0.417 e. The van der Waals surface area contributed by atoms with Crippen LogP contribution in [0.4, 0.5) is 14.4 Å². The number of hydrogen-bond donors (Lipinski definition) is 2. The van der Waals surface area contributed by atoms with Gasteiger partial charge in [-0.25, -0.2) is 29.0 Å². The summed E-state index contributed by atoms with van der Waals surface area (Å²) in [6.07, 6.45) is 34.9. The smallest absolute Gasteiger partial charge is 0.417 e. The van der Waals surface area contributed by atoms with Gasteiger partial charge in [-0.2, -0.15) is 0 Å². The highest BCUT2D eigenvalue weighted by Crippen LogP contribution is 2.55. The lowest BCUT2D eigenvalue weighted by molar-refractivity contribution is -0.490. The molecule has 4 saturated heterocycles. The lowest BCUT2D eigenvalue weighted by Crippen LogP contribution is -2.44. The number of fused-ring (bicyclic) bond motifs is 5. The lowest BCUT2D eigenvalue weighted by Gasteiger charge is -2.38. The Kier molecular flexibility index (Phi) is 35.1. The number of carbonyl (C=O) groups is 11. The molecule has 6 unspecified atom stereocenters. The van der Waals surface area contributed by atoms with E-state index >= 15 is 0 Å². The number of likely N-dealkylation sites (tertiary alicyclic amines) is 3. The van der Waals surface area contributed by atoms with E-state index in [9.17, 15) is 62.9 Å². The molecule has 642 valence electrons. The molecule has 4 heterocycles. The summed E-state index contributed by atoms with van der Waals surface area (Å²) in [7, 11) is 2.76. The number of carboxylic acid groups (broad SMARTS) is 1. The summed E-state index contributed by atoms with van der Waals surface area (Å²) < 4.78 is 36.4. The van der Waals surface area contributed by atoms with Crippen LogP contribution >= 0.6 is 0 Å². The van der Waals surface area contributed by atoms with Crippen molar-refractivity contribution in [2.45, 2.75) is 350 Å². The molecule has 12 aliphatic rings. The van der Waals surface area contributed by atoms with Crippen LogP contribution < -0.4 is 5.32 Å². The molecule has 7 saturated carbocycles. The fourth-order valence-corrected chi connectivity index (χ4v) is 19.5. The van der Waals surface area contributed by atoms with Crippen LogP contribution in [0.1, 0.15) is 322 Å². The standard InChI is InChI=1S/C19H31NO5.C19H33NO4.C13H21NO3.C11H18O2.C9H15NO4.C8H13NO.C8H12O2/c1-17(2,3)24-14(21)11-19-10-8-7-9-13(19)12-20(15(19)22)16(23)25-18(4,5)6;1-17(2,3)23-15(21)11-19-10-8-7-9-14(19)12-20(13-19)16(22)24-18(4,5)6;1-13(2,3)17-12(16)14-8-9-6-4-5-7-10(9)11(14)15;12-10(13)8-11-6-2-1-4-9(11)5-3-7-11;1-14-9(11)8-5-3-2-4-7(8)6-10(12)13;10-8-7-4-2-1-3-6(7)5-9-8;1-10-8(9)7-5-3-2-4-6-7/h13H,7-12H2,1-6H3;14H,7-13H2,1-6H3;9-10H,4-8H2,1-3H3;9H,1-8H2,(H,12,13);7-8H,2-6H2,1H3;6-7H,1-5H2,(H,9,10);5H,2-4,6H2,1H3/t13-,19+;14-,19-;;9-,11+;;;/m11.1.../s1. The number of methoxy groups -OCH3 is 2. The molecule has 11 fully saturated rings. The Hall–Kier alpha value is -6.89. The van der Waals surface area contributed by atoms with E-state index in [-0.39, 0.29) is 94.2 Å². The zero-order chi connectivity index (χ0) is 84.1. The van der Waals surface area contributed by atoms with Crippen molar-refractivity contribution in [2.24, 2.45) is 69.5 Å². The van der Waals surface area contributed by atoms with Crippen molar-refractivity contribution in [3.05, 3.63) is 21.8 Å². The van der Waals surface area contributed by atoms with Crippen LogP contribution in [0.15, 0.2) is 11.6 Å². The molecule has 0 bridgehead atoms. The van der Waals surface area contributed by atoms with Crippen LogP contribution in [0.5, 0.6) is 0 Å². The number of imide groups is 2. The fraction of sp³-hybridized carbons (Fsp3) is 0.851. The molecule has 4 aliphatic heterocycles. The predicted molar refractivity (Wildman–Crippen MR) is 426 cm³/mol. The average molecular weight is 1600 g/mol. The number of esters is 4. The second-order valence-corrected chi connectivity index (χ2v) is 39.1. The van der Waals surface area contributed by atoms with Gasteiger partial charge in [-0.15, -0.1) is 0 Å². The Balaban J connectivity index is 0.000000211. The predicted octanol–water partition coefficient (Wildman–Crippen LogP) is 17.0. The van der Waals surface area contributed by atoms with Gasteiger partial charge in [0.1, 0.15) is 28.0 Å². The third-order valence-electron chi connectivity index (χ3n) is 24.5. The summed E-state index contributed by atoms with van der Waals surface area (Å²) in [4.78, 5) is 145. The molecule has 8 aliphatic carbocycles. The molecule has 113 heavy (non-hydrogen) atoms. The van der Waals surface area contributed by atoms with Gasteiger partial charge < -0.3 is 48.5 Å². The van der Waals surface area contributed by atoms with Crippen LogP contribution in [0.2, 0.25) is 0 Å². The number of hydrogen-bond acceptors (Lipinski definition) is 20. The Morgan fingerprint density at radius 1 is 0.504 bits per heavy atom. The monoisotopic (exact) mass is 1590 g/mol. The molecule has 0 aromatic carbocycles. The maximum atomic E-state index is 13.1. The number of nitrogens with zero attached hydrogens (tertiary/aromatic N) is 4. The summed E-state index contributed by atoms with van der Waals surface area (Å²) in [5, 5.41) is 22.2. The molecule has 0 aromatic rings. The lowest BCUT2D eigenvalue weighted by atomic mass is 9.66. The van der Waals surface area contributed by atoms with Gasteiger partial charge in [0.25, 0.3) is 0 Å². The highest BCUT2D eigenvalue weighted by atomic mass is 16.6. The molecular formula is C87H143N5O21. The van der Waals surface area contributed by atoms with Crippen LogP contribution in [0, 0.1) is 79.6 Å². The molecule has 6 amide bonds. The van der Waals surface area contributed by atoms with Crippen molar-refractivity contribution >= 4 is 65.8 Å². The van der Waals surface area contributed by atoms with Crippen LogP contribution in [0.3, 0.4) is 0 Å².